The molecule has 238 valence electrons. The molecule has 2 rings (SSSR count). The predicted octanol–water partition coefficient (Wildman–Crippen LogP) is 0.0994. The quantitative estimate of drug-likeness (QED) is 0.227. The van der Waals surface area contributed by atoms with E-state index in [2.05, 4.69) is 0 Å². The second-order valence-electron chi connectivity index (χ2n) is 9.58. The van der Waals surface area contributed by atoms with Crippen LogP contribution < -0.4 is 0 Å². The summed E-state index contributed by atoms with van der Waals surface area (Å²) < 4.78 is 55.0. The summed E-state index contributed by atoms with van der Waals surface area (Å²) in [6.07, 6.45) is -12.3. The van der Waals surface area contributed by atoms with Crippen LogP contribution in [0.2, 0.25) is 0 Å². The zero-order chi connectivity index (χ0) is 31.7. The molecule has 0 N–H and O–H groups in total. The fraction of sp³-hybridized carbons (Fsp3) is 0.769. The first-order valence-electron chi connectivity index (χ1n) is 13.1. The molecule has 0 saturated carbocycles. The van der Waals surface area contributed by atoms with Crippen molar-refractivity contribution in [2.45, 2.75) is 116 Å². The molecule has 0 aromatic heterocycles. The van der Waals surface area contributed by atoms with Crippen LogP contribution in [0.1, 0.15) is 54.4 Å². The van der Waals surface area contributed by atoms with E-state index in [1.807, 2.05) is 0 Å². The van der Waals surface area contributed by atoms with E-state index in [-0.39, 0.29) is 12.8 Å². The number of carbonyl (C=O) groups excluding carboxylic acids is 6. The fourth-order valence-electron chi connectivity index (χ4n) is 4.88. The molecule has 2 aliphatic rings. The third-order valence-corrected chi connectivity index (χ3v) is 6.19. The highest BCUT2D eigenvalue weighted by atomic mass is 16.7. The molecule has 0 aromatic carbocycles. The first-order chi connectivity index (χ1) is 19.7. The minimum Gasteiger partial charge on any atom is -0.456 e. The van der Waals surface area contributed by atoms with Gasteiger partial charge in [-0.25, -0.2) is 0 Å². The molecule has 16 heteroatoms. The van der Waals surface area contributed by atoms with E-state index >= 15 is 0 Å². The number of hydrogen-bond acceptors (Lipinski definition) is 16. The SMILES string of the molecule is CO[C@H]1O[C@H](CC[C@H]2O[C@H](OC)[C@@H](OC(C)=O)[C@@H](OC(C)=O)[C@@H]2OC(C)=O)[C@@H](OC(C)=O)[C@H](OC(C)=O)[C@@H]1OC(C)=O. The van der Waals surface area contributed by atoms with Gasteiger partial charge < -0.3 is 47.4 Å². The minimum absolute atomic E-state index is 0.00769. The topological polar surface area (TPSA) is 195 Å². The molecule has 0 radical (unpaired) electrons. The van der Waals surface area contributed by atoms with Gasteiger partial charge in [-0.2, -0.15) is 0 Å². The lowest BCUT2D eigenvalue weighted by Gasteiger charge is -2.46. The predicted molar refractivity (Wildman–Crippen MR) is 134 cm³/mol. The summed E-state index contributed by atoms with van der Waals surface area (Å²) in [4.78, 5) is 71.7. The Labute approximate surface area is 242 Å². The Morgan fingerprint density at radius 3 is 0.905 bits per heavy atom. The van der Waals surface area contributed by atoms with E-state index in [0.29, 0.717) is 0 Å². The van der Waals surface area contributed by atoms with Crippen molar-refractivity contribution in [2.75, 3.05) is 14.2 Å². The van der Waals surface area contributed by atoms with Gasteiger partial charge in [0.25, 0.3) is 0 Å². The van der Waals surface area contributed by atoms with E-state index in [4.69, 9.17) is 47.4 Å². The molecular weight excluding hydrogens is 568 g/mol. The van der Waals surface area contributed by atoms with Crippen molar-refractivity contribution in [2.24, 2.45) is 0 Å². The maximum Gasteiger partial charge on any atom is 0.303 e. The Balaban J connectivity index is 2.45. The monoisotopic (exact) mass is 606 g/mol. The average molecular weight is 607 g/mol. The summed E-state index contributed by atoms with van der Waals surface area (Å²) in [6, 6.07) is 0. The fourth-order valence-corrected chi connectivity index (χ4v) is 4.88. The van der Waals surface area contributed by atoms with Crippen LogP contribution in [0.4, 0.5) is 0 Å². The molecule has 16 nitrogen and oxygen atoms in total. The van der Waals surface area contributed by atoms with Crippen molar-refractivity contribution in [3.8, 4) is 0 Å². The normalized spacial score (nSPS) is 32.6. The van der Waals surface area contributed by atoms with Crippen LogP contribution in [0.5, 0.6) is 0 Å². The smallest absolute Gasteiger partial charge is 0.303 e. The van der Waals surface area contributed by atoms with E-state index in [1.165, 1.54) is 14.2 Å². The van der Waals surface area contributed by atoms with Gasteiger partial charge in [0.2, 0.25) is 0 Å². The molecule has 0 spiro atoms. The highest BCUT2D eigenvalue weighted by Crippen LogP contribution is 2.35. The maximum absolute atomic E-state index is 12.1. The molecule has 0 amide bonds. The van der Waals surface area contributed by atoms with Gasteiger partial charge in [0.15, 0.2) is 49.2 Å². The zero-order valence-electron chi connectivity index (χ0n) is 24.7. The van der Waals surface area contributed by atoms with Crippen LogP contribution in [0.25, 0.3) is 0 Å². The van der Waals surface area contributed by atoms with Crippen LogP contribution in [-0.2, 0) is 76.1 Å². The van der Waals surface area contributed by atoms with Gasteiger partial charge in [-0.15, -0.1) is 0 Å². The van der Waals surface area contributed by atoms with Crippen molar-refractivity contribution in [3.63, 3.8) is 0 Å². The van der Waals surface area contributed by atoms with Gasteiger partial charge in [0.05, 0.1) is 0 Å². The standard InChI is InChI=1S/C26H38O16/c1-11(27)35-19-17(41-25(33-7)23(39-15(5)31)21(19)37-13(3)29)9-10-18-20(36-12(2)28)22(38-14(4)30)24(40-16(6)32)26(34-8)42-18/h17-26H,9-10H2,1-8H3/t17-,18-,19-,20-,21+,22+,23+,24+,25+,26+/m1/s1. The van der Waals surface area contributed by atoms with E-state index < -0.39 is 97.2 Å². The number of rotatable bonds is 11. The summed E-state index contributed by atoms with van der Waals surface area (Å²) in [5.74, 6) is -4.45. The molecule has 0 aromatic rings. The lowest BCUT2D eigenvalue weighted by atomic mass is 9.90. The van der Waals surface area contributed by atoms with E-state index in [0.717, 1.165) is 41.5 Å². The third kappa shape index (κ3) is 9.61. The second-order valence-corrected chi connectivity index (χ2v) is 9.58. The van der Waals surface area contributed by atoms with E-state index in [1.54, 1.807) is 0 Å². The Hall–Kier alpha value is -3.34. The largest absolute Gasteiger partial charge is 0.456 e. The number of ether oxygens (including phenoxy) is 10. The van der Waals surface area contributed by atoms with Crippen molar-refractivity contribution in [3.05, 3.63) is 0 Å². The summed E-state index contributed by atoms with van der Waals surface area (Å²) in [6.45, 7) is 6.79. The first-order valence-corrected chi connectivity index (χ1v) is 13.1. The lowest BCUT2D eigenvalue weighted by molar-refractivity contribution is -0.308. The van der Waals surface area contributed by atoms with Gasteiger partial charge in [-0.1, -0.05) is 0 Å². The molecule has 0 unspecified atom stereocenters. The maximum atomic E-state index is 12.1. The number of methoxy groups -OCH3 is 2. The summed E-state index contributed by atoms with van der Waals surface area (Å²) in [7, 11) is 2.55. The molecule has 2 aliphatic heterocycles. The average Bonchev–Trinajstić information content (AvgIpc) is 2.86. The minimum atomic E-state index is -1.32. The van der Waals surface area contributed by atoms with Gasteiger partial charge in [0, 0.05) is 55.8 Å². The van der Waals surface area contributed by atoms with Gasteiger partial charge >= 0.3 is 35.8 Å². The summed E-state index contributed by atoms with van der Waals surface area (Å²) in [5.41, 5.74) is 0. The highest BCUT2D eigenvalue weighted by molar-refractivity contribution is 5.69. The van der Waals surface area contributed by atoms with Crippen molar-refractivity contribution < 1.29 is 76.1 Å². The summed E-state index contributed by atoms with van der Waals surface area (Å²) in [5, 5.41) is 0. The Kier molecular flexibility index (Phi) is 13.1. The van der Waals surface area contributed by atoms with Crippen molar-refractivity contribution in [1.82, 2.24) is 0 Å². The zero-order valence-corrected chi connectivity index (χ0v) is 24.7. The van der Waals surface area contributed by atoms with E-state index in [9.17, 15) is 28.8 Å². The van der Waals surface area contributed by atoms with Crippen LogP contribution in [0.3, 0.4) is 0 Å². The first kappa shape index (κ1) is 34.9. The van der Waals surface area contributed by atoms with Crippen molar-refractivity contribution in [1.29, 1.82) is 0 Å². The lowest BCUT2D eigenvalue weighted by Crippen LogP contribution is -2.63. The Morgan fingerprint density at radius 1 is 0.429 bits per heavy atom. The Morgan fingerprint density at radius 2 is 0.667 bits per heavy atom. The highest BCUT2D eigenvalue weighted by Gasteiger charge is 2.54. The van der Waals surface area contributed by atoms with Crippen molar-refractivity contribution >= 4 is 35.8 Å². The molecular formula is C26H38O16. The number of carbonyl (C=O) groups is 6. The van der Waals surface area contributed by atoms with Crippen LogP contribution in [-0.4, -0.2) is 111 Å². The molecule has 0 aliphatic carbocycles. The number of hydrogen-bond donors (Lipinski definition) is 0. The van der Waals surface area contributed by atoms with Gasteiger partial charge in [-0.3, -0.25) is 28.8 Å². The molecule has 2 fully saturated rings. The number of esters is 6. The third-order valence-electron chi connectivity index (χ3n) is 6.19. The molecule has 2 saturated heterocycles. The second kappa shape index (κ2) is 15.8. The molecule has 2 heterocycles. The summed E-state index contributed by atoms with van der Waals surface area (Å²) >= 11 is 0. The van der Waals surface area contributed by atoms with Gasteiger partial charge in [0.1, 0.15) is 12.2 Å². The Bertz CT molecular complexity index is 919. The molecule has 10 atom stereocenters. The van der Waals surface area contributed by atoms with Crippen LogP contribution in [0.15, 0.2) is 0 Å². The van der Waals surface area contributed by atoms with Crippen LogP contribution in [0, 0.1) is 0 Å². The van der Waals surface area contributed by atoms with Crippen LogP contribution >= 0.6 is 0 Å². The molecule has 42 heavy (non-hydrogen) atoms. The van der Waals surface area contributed by atoms with Gasteiger partial charge in [-0.05, 0) is 12.8 Å². The molecule has 0 bridgehead atoms.